The quantitative estimate of drug-likeness (QED) is 0.582. The van der Waals surface area contributed by atoms with Gasteiger partial charge < -0.3 is 0 Å². The van der Waals surface area contributed by atoms with Gasteiger partial charge in [0.1, 0.15) is 3.14 Å². The third-order valence-electron chi connectivity index (χ3n) is 1.93. The number of Topliss-reactive ketones (excluding diaryl/α,β-unsaturated/α-hetero) is 1. The van der Waals surface area contributed by atoms with Crippen LogP contribution in [0, 0.1) is 3.14 Å². The minimum absolute atomic E-state index is 0.0891. The molecule has 0 N–H and O–H groups in total. The van der Waals surface area contributed by atoms with Gasteiger partial charge in [0.05, 0.1) is 9.75 Å². The average molecular weight is 252 g/mol. The Morgan fingerprint density at radius 3 is 2.47 bits per heavy atom. The topological polar surface area (TPSA) is 17.1 Å². The normalized spacial score (nSPS) is 10.2. The maximum atomic E-state index is 11.4. The molecule has 1 heterocycles. The molecule has 1 aromatic carbocycles. The molecule has 0 saturated carbocycles. The summed E-state index contributed by atoms with van der Waals surface area (Å²) in [6.07, 6.45) is 0. The van der Waals surface area contributed by atoms with E-state index in [1.807, 2.05) is 30.3 Å². The predicted octanol–water partition coefficient (Wildman–Crippen LogP) is 4.41. The fourth-order valence-corrected chi connectivity index (χ4v) is 3.89. The molecule has 0 bridgehead atoms. The standard InChI is InChI=1S/C11H8OS3/c1-7(12)9-10(15-11(13)14-9)8-5-3-2-4-6-8/h2-6H,1H3. The summed E-state index contributed by atoms with van der Waals surface area (Å²) in [6.45, 7) is 1.58. The van der Waals surface area contributed by atoms with Crippen molar-refractivity contribution in [3.63, 3.8) is 0 Å². The highest BCUT2D eigenvalue weighted by Crippen LogP contribution is 2.34. The molecule has 0 aliphatic rings. The molecule has 1 nitrogen and oxygen atoms in total. The molecule has 0 spiro atoms. The molecule has 2 rings (SSSR count). The lowest BCUT2D eigenvalue weighted by Crippen LogP contribution is -1.88. The van der Waals surface area contributed by atoms with E-state index in [9.17, 15) is 4.79 Å². The van der Waals surface area contributed by atoms with Gasteiger partial charge in [-0.1, -0.05) is 42.5 Å². The van der Waals surface area contributed by atoms with Crippen LogP contribution in [-0.2, 0) is 0 Å². The van der Waals surface area contributed by atoms with Crippen LogP contribution in [-0.4, -0.2) is 5.78 Å². The Morgan fingerprint density at radius 1 is 1.20 bits per heavy atom. The molecule has 0 aliphatic carbocycles. The first-order valence-electron chi connectivity index (χ1n) is 4.39. The van der Waals surface area contributed by atoms with Crippen molar-refractivity contribution >= 4 is 40.7 Å². The van der Waals surface area contributed by atoms with Crippen LogP contribution < -0.4 is 0 Å². The minimum Gasteiger partial charge on any atom is -0.294 e. The van der Waals surface area contributed by atoms with E-state index in [0.29, 0.717) is 0 Å². The number of rotatable bonds is 2. The zero-order chi connectivity index (χ0) is 10.8. The molecule has 0 aliphatic heterocycles. The van der Waals surface area contributed by atoms with Gasteiger partial charge in [0, 0.05) is 6.92 Å². The highest BCUT2D eigenvalue weighted by molar-refractivity contribution is 7.76. The predicted molar refractivity (Wildman–Crippen MR) is 68.5 cm³/mol. The van der Waals surface area contributed by atoms with Crippen LogP contribution in [0.3, 0.4) is 0 Å². The van der Waals surface area contributed by atoms with Crippen molar-refractivity contribution in [1.82, 2.24) is 0 Å². The monoisotopic (exact) mass is 252 g/mol. The maximum absolute atomic E-state index is 11.4. The van der Waals surface area contributed by atoms with Gasteiger partial charge in [-0.25, -0.2) is 0 Å². The molecule has 0 fully saturated rings. The van der Waals surface area contributed by atoms with Gasteiger partial charge in [-0.05, 0) is 5.56 Å². The van der Waals surface area contributed by atoms with E-state index in [2.05, 4.69) is 0 Å². The fraction of sp³-hybridized carbons (Fsp3) is 0.0909. The SMILES string of the molecule is CC(=O)c1sc(=S)sc1-c1ccccc1. The van der Waals surface area contributed by atoms with Gasteiger partial charge in [0.15, 0.2) is 5.78 Å². The molecular weight excluding hydrogens is 244 g/mol. The van der Waals surface area contributed by atoms with Crippen molar-refractivity contribution in [2.24, 2.45) is 0 Å². The Kier molecular flexibility index (Phi) is 3.09. The first-order chi connectivity index (χ1) is 7.18. The number of benzene rings is 1. The van der Waals surface area contributed by atoms with Gasteiger partial charge in [-0.3, -0.25) is 4.79 Å². The summed E-state index contributed by atoms with van der Waals surface area (Å²) in [4.78, 5) is 13.2. The van der Waals surface area contributed by atoms with Crippen LogP contribution in [0.1, 0.15) is 16.6 Å². The lowest BCUT2D eigenvalue weighted by molar-refractivity contribution is 0.102. The minimum atomic E-state index is 0.0891. The van der Waals surface area contributed by atoms with Crippen molar-refractivity contribution in [2.45, 2.75) is 6.92 Å². The van der Waals surface area contributed by atoms with Crippen molar-refractivity contribution in [3.05, 3.63) is 38.3 Å². The molecule has 4 heteroatoms. The number of hydrogen-bond acceptors (Lipinski definition) is 4. The summed E-state index contributed by atoms with van der Waals surface area (Å²) in [7, 11) is 0. The molecule has 0 amide bonds. The van der Waals surface area contributed by atoms with Crippen molar-refractivity contribution < 1.29 is 4.79 Å². The average Bonchev–Trinajstić information content (AvgIpc) is 2.62. The summed E-state index contributed by atoms with van der Waals surface area (Å²) in [5.41, 5.74) is 1.07. The first-order valence-corrected chi connectivity index (χ1v) is 6.43. The van der Waals surface area contributed by atoms with E-state index in [1.165, 1.54) is 22.7 Å². The summed E-state index contributed by atoms with van der Waals surface area (Å²) >= 11 is 8.03. The van der Waals surface area contributed by atoms with E-state index in [1.54, 1.807) is 6.92 Å². The van der Waals surface area contributed by atoms with Crippen molar-refractivity contribution in [1.29, 1.82) is 0 Å². The van der Waals surface area contributed by atoms with Gasteiger partial charge in [0.2, 0.25) is 0 Å². The lowest BCUT2D eigenvalue weighted by Gasteiger charge is -1.98. The highest BCUT2D eigenvalue weighted by atomic mass is 32.2. The van der Waals surface area contributed by atoms with E-state index >= 15 is 0 Å². The second-order valence-electron chi connectivity index (χ2n) is 3.03. The Bertz CT molecular complexity index is 536. The fourth-order valence-electron chi connectivity index (χ4n) is 1.29. The van der Waals surface area contributed by atoms with Gasteiger partial charge >= 0.3 is 0 Å². The molecule has 15 heavy (non-hydrogen) atoms. The van der Waals surface area contributed by atoms with E-state index in [0.717, 1.165) is 18.5 Å². The largest absolute Gasteiger partial charge is 0.294 e. The van der Waals surface area contributed by atoms with Crippen molar-refractivity contribution in [2.75, 3.05) is 0 Å². The smallest absolute Gasteiger partial charge is 0.171 e. The van der Waals surface area contributed by atoms with Crippen LogP contribution in [0.5, 0.6) is 0 Å². The molecule has 1 aromatic heterocycles. The van der Waals surface area contributed by atoms with Crippen molar-refractivity contribution in [3.8, 4) is 10.4 Å². The highest BCUT2D eigenvalue weighted by Gasteiger charge is 2.12. The molecule has 0 atom stereocenters. The number of carbonyl (C=O) groups is 1. The lowest BCUT2D eigenvalue weighted by atomic mass is 10.1. The first kappa shape index (κ1) is 10.7. The maximum Gasteiger partial charge on any atom is 0.171 e. The molecule has 2 aromatic rings. The summed E-state index contributed by atoms with van der Waals surface area (Å²) in [5.74, 6) is 0.0891. The molecule has 0 unspecified atom stereocenters. The molecule has 76 valence electrons. The number of ketones is 1. The third kappa shape index (κ3) is 2.22. The third-order valence-corrected chi connectivity index (χ3v) is 4.73. The van der Waals surface area contributed by atoms with E-state index in [4.69, 9.17) is 12.2 Å². The van der Waals surface area contributed by atoms with Crippen LogP contribution in [0.15, 0.2) is 30.3 Å². The zero-order valence-corrected chi connectivity index (χ0v) is 10.5. The Morgan fingerprint density at radius 2 is 1.87 bits per heavy atom. The Balaban J connectivity index is 2.63. The van der Waals surface area contributed by atoms with Crippen LogP contribution in [0.2, 0.25) is 0 Å². The number of carbonyl (C=O) groups excluding carboxylic acids is 1. The summed E-state index contributed by atoms with van der Waals surface area (Å²) in [6, 6.07) is 9.89. The second-order valence-corrected chi connectivity index (χ2v) is 6.26. The second kappa shape index (κ2) is 4.35. The van der Waals surface area contributed by atoms with Crippen LogP contribution >= 0.6 is 34.9 Å². The summed E-state index contributed by atoms with van der Waals surface area (Å²) in [5, 5.41) is 0. The Labute approximate surface area is 101 Å². The van der Waals surface area contributed by atoms with Gasteiger partial charge in [-0.2, -0.15) is 0 Å². The molecule has 0 radical (unpaired) electrons. The van der Waals surface area contributed by atoms with Gasteiger partial charge in [-0.15, -0.1) is 22.7 Å². The molecular formula is C11H8OS3. The van der Waals surface area contributed by atoms with E-state index in [-0.39, 0.29) is 5.78 Å². The van der Waals surface area contributed by atoms with E-state index < -0.39 is 0 Å². The Hall–Kier alpha value is -0.840. The van der Waals surface area contributed by atoms with Gasteiger partial charge in [0.25, 0.3) is 0 Å². The van der Waals surface area contributed by atoms with Crippen LogP contribution in [0.4, 0.5) is 0 Å². The summed E-state index contributed by atoms with van der Waals surface area (Å²) < 4.78 is 0.805. The zero-order valence-electron chi connectivity index (χ0n) is 8.02. The molecule has 0 saturated heterocycles. The van der Waals surface area contributed by atoms with Crippen LogP contribution in [0.25, 0.3) is 10.4 Å². The number of hydrogen-bond donors (Lipinski definition) is 0.